The fraction of sp³-hybridized carbons (Fsp3) is 0.615. The minimum absolute atomic E-state index is 0.0182. The molecule has 1 heterocycles. The Bertz CT molecular complexity index is 467. The van der Waals surface area contributed by atoms with Gasteiger partial charge in [0.25, 0.3) is 0 Å². The fourth-order valence-electron chi connectivity index (χ4n) is 2.54. The molecule has 0 radical (unpaired) electrons. The van der Waals surface area contributed by atoms with Crippen molar-refractivity contribution in [2.45, 2.75) is 37.9 Å². The van der Waals surface area contributed by atoms with E-state index in [0.717, 1.165) is 37.8 Å². The molecule has 1 aromatic rings. The summed E-state index contributed by atoms with van der Waals surface area (Å²) >= 11 is 5.64. The Morgan fingerprint density at radius 3 is 2.65 bits per heavy atom. The number of nitrogens with one attached hydrogen (secondary N) is 1. The van der Waals surface area contributed by atoms with Gasteiger partial charge in [-0.1, -0.05) is 24.4 Å². The normalized spacial score (nSPS) is 23.6. The van der Waals surface area contributed by atoms with E-state index in [0.29, 0.717) is 0 Å². The van der Waals surface area contributed by atoms with Gasteiger partial charge in [0.2, 0.25) is 0 Å². The molecule has 0 aliphatic heterocycles. The summed E-state index contributed by atoms with van der Waals surface area (Å²) in [7, 11) is 0. The molecule has 0 spiro atoms. The maximum atomic E-state index is 12.7. The van der Waals surface area contributed by atoms with Crippen LogP contribution in [0.5, 0.6) is 0 Å². The molecule has 2 rings (SSSR count). The highest BCUT2D eigenvalue weighted by Gasteiger charge is 2.32. The molecule has 0 aromatic carbocycles. The van der Waals surface area contributed by atoms with Crippen molar-refractivity contribution in [2.24, 2.45) is 5.92 Å². The number of halogens is 4. The lowest BCUT2D eigenvalue weighted by molar-refractivity contribution is -0.137. The zero-order valence-corrected chi connectivity index (χ0v) is 11.5. The van der Waals surface area contributed by atoms with Crippen LogP contribution in [0.3, 0.4) is 0 Å². The second-order valence-electron chi connectivity index (χ2n) is 5.04. The molecule has 2 N–H and O–H groups in total. The quantitative estimate of drug-likeness (QED) is 0.837. The van der Waals surface area contributed by atoms with Gasteiger partial charge in [-0.15, -0.1) is 0 Å². The van der Waals surface area contributed by atoms with Crippen molar-refractivity contribution in [1.29, 1.82) is 0 Å². The number of aromatic nitrogens is 1. The number of aliphatic hydroxyl groups is 1. The first kappa shape index (κ1) is 15.4. The van der Waals surface area contributed by atoms with Crippen LogP contribution in [0.4, 0.5) is 19.0 Å². The van der Waals surface area contributed by atoms with E-state index in [4.69, 9.17) is 11.6 Å². The predicted molar refractivity (Wildman–Crippen MR) is 70.7 cm³/mol. The summed E-state index contributed by atoms with van der Waals surface area (Å²) in [5, 5.41) is 12.1. The molecule has 2 atom stereocenters. The molecule has 1 fully saturated rings. The van der Waals surface area contributed by atoms with Crippen LogP contribution in [0.1, 0.15) is 31.2 Å². The number of anilines is 1. The molecular weight excluding hydrogens is 293 g/mol. The molecule has 1 aliphatic rings. The fourth-order valence-corrected chi connectivity index (χ4v) is 2.75. The van der Waals surface area contributed by atoms with E-state index in [9.17, 15) is 18.3 Å². The number of pyridine rings is 1. The average molecular weight is 309 g/mol. The highest BCUT2D eigenvalue weighted by molar-refractivity contribution is 6.29. The molecule has 3 nitrogen and oxygen atoms in total. The predicted octanol–water partition coefficient (Wildman–Crippen LogP) is 3.72. The SMILES string of the molecule is OCC1CCCCC1Nc1cc(C(F)(F)F)cc(Cl)n1. The highest BCUT2D eigenvalue weighted by Crippen LogP contribution is 2.33. The number of hydrogen-bond acceptors (Lipinski definition) is 3. The Morgan fingerprint density at radius 1 is 1.30 bits per heavy atom. The van der Waals surface area contributed by atoms with Crippen molar-refractivity contribution in [3.05, 3.63) is 22.8 Å². The van der Waals surface area contributed by atoms with Gasteiger partial charge in [0.1, 0.15) is 11.0 Å². The highest BCUT2D eigenvalue weighted by atomic mass is 35.5. The largest absolute Gasteiger partial charge is 0.416 e. The zero-order valence-electron chi connectivity index (χ0n) is 10.8. The third-order valence-corrected chi connectivity index (χ3v) is 3.79. The van der Waals surface area contributed by atoms with Gasteiger partial charge in [-0.25, -0.2) is 4.98 Å². The lowest BCUT2D eigenvalue weighted by Gasteiger charge is -2.31. The van der Waals surface area contributed by atoms with E-state index in [1.165, 1.54) is 0 Å². The van der Waals surface area contributed by atoms with Crippen LogP contribution in [0, 0.1) is 5.92 Å². The van der Waals surface area contributed by atoms with E-state index in [1.54, 1.807) is 0 Å². The minimum Gasteiger partial charge on any atom is -0.396 e. The standard InChI is InChI=1S/C13H16ClF3N2O/c14-11-5-9(13(15,16)17)6-12(19-11)18-10-4-2-1-3-8(10)7-20/h5-6,8,10,20H,1-4,7H2,(H,18,19). The van der Waals surface area contributed by atoms with Crippen LogP contribution in [0.25, 0.3) is 0 Å². The molecule has 0 saturated heterocycles. The Labute approximate surface area is 120 Å². The molecule has 112 valence electrons. The van der Waals surface area contributed by atoms with E-state index >= 15 is 0 Å². The Hall–Kier alpha value is -1.01. The van der Waals surface area contributed by atoms with Crippen molar-refractivity contribution in [3.63, 3.8) is 0 Å². The van der Waals surface area contributed by atoms with Gasteiger partial charge in [0.15, 0.2) is 0 Å². The first-order valence-electron chi connectivity index (χ1n) is 6.52. The maximum Gasteiger partial charge on any atom is 0.416 e. The van der Waals surface area contributed by atoms with Crippen molar-refractivity contribution in [2.75, 3.05) is 11.9 Å². The lowest BCUT2D eigenvalue weighted by Crippen LogP contribution is -2.34. The summed E-state index contributed by atoms with van der Waals surface area (Å²) in [5.41, 5.74) is -0.823. The Kier molecular flexibility index (Phi) is 4.75. The van der Waals surface area contributed by atoms with Crippen LogP contribution in [-0.2, 0) is 6.18 Å². The molecule has 0 amide bonds. The zero-order chi connectivity index (χ0) is 14.8. The van der Waals surface area contributed by atoms with Gasteiger partial charge >= 0.3 is 6.18 Å². The van der Waals surface area contributed by atoms with E-state index in [1.807, 2.05) is 0 Å². The third kappa shape index (κ3) is 3.76. The van der Waals surface area contributed by atoms with Gasteiger partial charge in [-0.05, 0) is 25.0 Å². The van der Waals surface area contributed by atoms with Gasteiger partial charge < -0.3 is 10.4 Å². The van der Waals surface area contributed by atoms with Crippen molar-refractivity contribution < 1.29 is 18.3 Å². The van der Waals surface area contributed by atoms with Crippen molar-refractivity contribution in [1.82, 2.24) is 4.98 Å². The number of aliphatic hydroxyl groups excluding tert-OH is 1. The van der Waals surface area contributed by atoms with Crippen molar-refractivity contribution in [3.8, 4) is 0 Å². The molecular formula is C13H16ClF3N2O. The van der Waals surface area contributed by atoms with Crippen LogP contribution in [-0.4, -0.2) is 22.7 Å². The molecule has 2 unspecified atom stereocenters. The first-order chi connectivity index (χ1) is 9.40. The molecule has 7 heteroatoms. The summed E-state index contributed by atoms with van der Waals surface area (Å²) in [5.74, 6) is 0.147. The van der Waals surface area contributed by atoms with E-state index in [2.05, 4.69) is 10.3 Å². The van der Waals surface area contributed by atoms with Gasteiger partial charge in [-0.3, -0.25) is 0 Å². The van der Waals surface area contributed by atoms with Gasteiger partial charge in [0, 0.05) is 18.6 Å². The second-order valence-corrected chi connectivity index (χ2v) is 5.43. The van der Waals surface area contributed by atoms with Crippen LogP contribution >= 0.6 is 11.6 Å². The van der Waals surface area contributed by atoms with Gasteiger partial charge in [-0.2, -0.15) is 13.2 Å². The van der Waals surface area contributed by atoms with Gasteiger partial charge in [0.05, 0.1) is 5.56 Å². The molecule has 20 heavy (non-hydrogen) atoms. The summed E-state index contributed by atoms with van der Waals surface area (Å²) in [4.78, 5) is 3.88. The third-order valence-electron chi connectivity index (χ3n) is 3.60. The molecule has 0 bridgehead atoms. The summed E-state index contributed by atoms with van der Waals surface area (Å²) in [6, 6.07) is 1.69. The Morgan fingerprint density at radius 2 is 2.00 bits per heavy atom. The van der Waals surface area contributed by atoms with E-state index in [-0.39, 0.29) is 29.5 Å². The van der Waals surface area contributed by atoms with Crippen molar-refractivity contribution >= 4 is 17.4 Å². The number of rotatable bonds is 3. The number of alkyl halides is 3. The van der Waals surface area contributed by atoms with Crippen LogP contribution < -0.4 is 5.32 Å². The smallest absolute Gasteiger partial charge is 0.396 e. The molecule has 1 saturated carbocycles. The summed E-state index contributed by atoms with van der Waals surface area (Å²) in [6.07, 6.45) is -0.769. The first-order valence-corrected chi connectivity index (χ1v) is 6.90. The molecule has 1 aromatic heterocycles. The maximum absolute atomic E-state index is 12.7. The monoisotopic (exact) mass is 308 g/mol. The molecule has 1 aliphatic carbocycles. The second kappa shape index (κ2) is 6.18. The topological polar surface area (TPSA) is 45.1 Å². The number of nitrogens with zero attached hydrogens (tertiary/aromatic N) is 1. The lowest BCUT2D eigenvalue weighted by atomic mass is 9.85. The number of hydrogen-bond donors (Lipinski definition) is 2. The minimum atomic E-state index is -4.45. The summed E-state index contributed by atoms with van der Waals surface area (Å²) < 4.78 is 38.1. The van der Waals surface area contributed by atoms with Crippen LogP contribution in [0.15, 0.2) is 12.1 Å². The average Bonchev–Trinajstić information content (AvgIpc) is 2.37. The van der Waals surface area contributed by atoms with E-state index < -0.39 is 11.7 Å². The Balaban J connectivity index is 2.18. The van der Waals surface area contributed by atoms with Crippen LogP contribution in [0.2, 0.25) is 5.15 Å². The summed E-state index contributed by atoms with van der Waals surface area (Å²) in [6.45, 7) is 0.0182.